The van der Waals surface area contributed by atoms with E-state index in [0.29, 0.717) is 0 Å². The number of nitrogens with zero attached hydrogens (tertiary/aromatic N) is 3. The number of hydrogen-bond donors (Lipinski definition) is 3. The normalized spacial score (nSPS) is 8.91. The molecule has 0 amide bonds. The molecule has 6 N–H and O–H groups in total. The van der Waals surface area contributed by atoms with Gasteiger partial charge < -0.3 is 22.0 Å². The van der Waals surface area contributed by atoms with Crippen LogP contribution in [0.5, 0.6) is 0 Å². The molecule has 7 nitrogen and oxygen atoms in total. The molecule has 0 fully saturated rings. The van der Waals surface area contributed by atoms with E-state index in [-0.39, 0.29) is 17.8 Å². The summed E-state index contributed by atoms with van der Waals surface area (Å²) in [7, 11) is 0. The number of hydrogen-bond acceptors (Lipinski definition) is 7. The lowest BCUT2D eigenvalue weighted by Gasteiger charge is -1.93. The van der Waals surface area contributed by atoms with Crippen molar-refractivity contribution in [3.8, 4) is 0 Å². The third-order valence-electron chi connectivity index (χ3n) is 0.670. The molecule has 0 radical (unpaired) electrons. The van der Waals surface area contributed by atoms with E-state index < -0.39 is 0 Å². The van der Waals surface area contributed by atoms with Crippen LogP contribution in [0.15, 0.2) is 0 Å². The van der Waals surface area contributed by atoms with Crippen molar-refractivity contribution in [3.63, 3.8) is 0 Å². The SMILES string of the molecule is C=O.[2H]Nc1nc(N)nc(N)n1. The molecule has 1 heterocycles. The molecule has 1 rings (SSSR count). The molecular formula is C4H8N6O. The van der Waals surface area contributed by atoms with Crippen molar-refractivity contribution in [2.24, 2.45) is 0 Å². The summed E-state index contributed by atoms with van der Waals surface area (Å²) in [5, 5.41) is 0. The van der Waals surface area contributed by atoms with Gasteiger partial charge in [0.15, 0.2) is 1.41 Å². The zero-order chi connectivity index (χ0) is 9.56. The fraction of sp³-hybridized carbons (Fsp3) is 0. The second-order valence-electron chi connectivity index (χ2n) is 1.38. The maximum Gasteiger partial charge on any atom is 0.226 e. The molecule has 0 aromatic carbocycles. The zero-order valence-electron chi connectivity index (χ0n) is 6.61. The highest BCUT2D eigenvalue weighted by Gasteiger charge is 1.93. The molecule has 0 saturated carbocycles. The van der Waals surface area contributed by atoms with E-state index in [4.69, 9.17) is 17.7 Å². The fourth-order valence-electron chi connectivity index (χ4n) is 0.409. The van der Waals surface area contributed by atoms with Gasteiger partial charge in [-0.2, -0.15) is 15.0 Å². The van der Waals surface area contributed by atoms with Crippen LogP contribution in [0.3, 0.4) is 0 Å². The molecule has 0 aliphatic rings. The number of aromatic nitrogens is 3. The van der Waals surface area contributed by atoms with Crippen LogP contribution >= 0.6 is 0 Å². The van der Waals surface area contributed by atoms with E-state index in [1.807, 2.05) is 12.5 Å². The van der Waals surface area contributed by atoms with Gasteiger partial charge in [0, 0.05) is 0 Å². The van der Waals surface area contributed by atoms with Crippen molar-refractivity contribution >= 4 is 24.6 Å². The largest absolute Gasteiger partial charge is 0.368 e. The van der Waals surface area contributed by atoms with E-state index in [2.05, 4.69) is 15.0 Å². The lowest BCUT2D eigenvalue weighted by molar-refractivity contribution is -0.0979. The van der Waals surface area contributed by atoms with E-state index in [1.165, 1.54) is 0 Å². The Bertz CT molecular complexity index is 235. The van der Waals surface area contributed by atoms with E-state index >= 15 is 0 Å². The van der Waals surface area contributed by atoms with Crippen LogP contribution in [0.1, 0.15) is 0 Å². The van der Waals surface area contributed by atoms with E-state index in [0.717, 1.165) is 0 Å². The Morgan fingerprint density at radius 1 is 1.09 bits per heavy atom. The van der Waals surface area contributed by atoms with Crippen LogP contribution in [-0.2, 0) is 4.79 Å². The molecule has 0 bridgehead atoms. The minimum Gasteiger partial charge on any atom is -0.368 e. The van der Waals surface area contributed by atoms with Crippen LogP contribution in [-0.4, -0.2) is 21.7 Å². The monoisotopic (exact) mass is 157 g/mol. The van der Waals surface area contributed by atoms with Gasteiger partial charge in [-0.15, -0.1) is 0 Å². The summed E-state index contributed by atoms with van der Waals surface area (Å²) in [6.07, 6.45) is 0. The minimum atomic E-state index is 0.00208. The third-order valence-corrected chi connectivity index (χ3v) is 0.670. The lowest BCUT2D eigenvalue weighted by Crippen LogP contribution is -2.05. The first-order valence-electron chi connectivity index (χ1n) is 2.96. The average Bonchev–Trinajstić information content (AvgIpc) is 2.06. The predicted molar refractivity (Wildman–Crippen MR) is 40.2 cm³/mol. The Morgan fingerprint density at radius 2 is 1.45 bits per heavy atom. The summed E-state index contributed by atoms with van der Waals surface area (Å²) in [4.78, 5) is 18.6. The smallest absolute Gasteiger partial charge is 0.226 e. The van der Waals surface area contributed by atoms with E-state index in [1.54, 1.807) is 0 Å². The van der Waals surface area contributed by atoms with Gasteiger partial charge in [-0.1, -0.05) is 0 Å². The summed E-state index contributed by atoms with van der Waals surface area (Å²) < 4.78 is 6.62. The number of carbonyl (C=O) groups excluding carboxylic acids is 1. The molecule has 60 valence electrons. The Balaban J connectivity index is 0.000000561. The molecule has 1 aromatic heterocycles. The first-order valence-corrected chi connectivity index (χ1v) is 2.46. The van der Waals surface area contributed by atoms with Gasteiger partial charge in [0.25, 0.3) is 0 Å². The summed E-state index contributed by atoms with van der Waals surface area (Å²) >= 11 is 0. The predicted octanol–water partition coefficient (Wildman–Crippen LogP) is -1.57. The Morgan fingerprint density at radius 3 is 1.82 bits per heavy atom. The second-order valence-corrected chi connectivity index (χ2v) is 1.38. The molecule has 7 heteroatoms. The van der Waals surface area contributed by atoms with Gasteiger partial charge in [0.1, 0.15) is 6.79 Å². The lowest BCUT2D eigenvalue weighted by atomic mass is 10.9. The maximum absolute atomic E-state index is 8.00. The summed E-state index contributed by atoms with van der Waals surface area (Å²) in [5.74, 6) is 0.0505. The van der Waals surface area contributed by atoms with Crippen molar-refractivity contribution in [2.45, 2.75) is 0 Å². The van der Waals surface area contributed by atoms with Crippen LogP contribution in [0.25, 0.3) is 0 Å². The van der Waals surface area contributed by atoms with E-state index in [9.17, 15) is 0 Å². The van der Waals surface area contributed by atoms with Gasteiger partial charge in [0.05, 0.1) is 0 Å². The highest BCUT2D eigenvalue weighted by Crippen LogP contribution is 1.97. The quantitative estimate of drug-likeness (QED) is 0.448. The summed E-state index contributed by atoms with van der Waals surface area (Å²) in [6.45, 7) is 2.00. The van der Waals surface area contributed by atoms with Crippen molar-refractivity contribution in [1.29, 1.82) is 0 Å². The first kappa shape index (κ1) is 7.19. The van der Waals surface area contributed by atoms with Crippen molar-refractivity contribution in [3.05, 3.63) is 0 Å². The highest BCUT2D eigenvalue weighted by molar-refractivity contribution is 5.33. The molecule has 11 heavy (non-hydrogen) atoms. The molecule has 0 unspecified atom stereocenters. The average molecular weight is 157 g/mol. The maximum atomic E-state index is 8.00. The van der Waals surface area contributed by atoms with Crippen LogP contribution in [0.4, 0.5) is 17.8 Å². The molecule has 0 saturated heterocycles. The Labute approximate surface area is 64.1 Å². The molecule has 1 aromatic rings. The van der Waals surface area contributed by atoms with Crippen molar-refractivity contribution < 1.29 is 6.21 Å². The van der Waals surface area contributed by atoms with Gasteiger partial charge in [-0.25, -0.2) is 0 Å². The Kier molecular flexibility index (Phi) is 2.61. The van der Waals surface area contributed by atoms with Gasteiger partial charge in [-0.3, -0.25) is 0 Å². The van der Waals surface area contributed by atoms with Crippen molar-refractivity contribution in [2.75, 3.05) is 17.2 Å². The summed E-state index contributed by atoms with van der Waals surface area (Å²) in [6, 6.07) is 0. The van der Waals surface area contributed by atoms with Crippen LogP contribution < -0.4 is 17.2 Å². The standard InChI is InChI=1S/C3H6N6.CH2O/c4-1-7-2(5)9-3(6)8-1;1-2/h(H6,4,5,6,7,8,9);1H2/i/hD. The first-order chi connectivity index (χ1) is 5.72. The molecule has 0 aliphatic heterocycles. The molecule has 0 atom stereocenters. The van der Waals surface area contributed by atoms with Gasteiger partial charge in [-0.05, 0) is 0 Å². The minimum absolute atomic E-state index is 0.00208. The fourth-order valence-corrected chi connectivity index (χ4v) is 0.409. The molecule has 0 aliphatic carbocycles. The number of nitrogens with two attached hydrogens (primary N) is 3. The topological polar surface area (TPSA) is 134 Å². The van der Waals surface area contributed by atoms with Crippen LogP contribution in [0, 0.1) is 0 Å². The second kappa shape index (κ2) is 3.99. The van der Waals surface area contributed by atoms with Crippen molar-refractivity contribution in [1.82, 2.24) is 15.0 Å². The highest BCUT2D eigenvalue weighted by atomic mass is 16.1. The van der Waals surface area contributed by atoms with Gasteiger partial charge >= 0.3 is 0 Å². The van der Waals surface area contributed by atoms with Gasteiger partial charge in [0.2, 0.25) is 17.8 Å². The summed E-state index contributed by atoms with van der Waals surface area (Å²) in [5.41, 5.74) is 12.3. The zero-order valence-corrected chi connectivity index (χ0v) is 5.61. The number of nitrogen functional groups attached to an aromatic ring is 3. The molecular weight excluding hydrogens is 148 g/mol. The number of anilines is 3. The number of carbonyl (C=O) groups is 1. The Hall–Kier alpha value is -1.92. The van der Waals surface area contributed by atoms with Crippen LogP contribution in [0.2, 0.25) is 1.41 Å². The number of rotatable bonds is 1. The third kappa shape index (κ3) is 2.94. The molecule has 0 spiro atoms.